The van der Waals surface area contributed by atoms with Crippen LogP contribution in [0.3, 0.4) is 0 Å². The molecule has 0 saturated carbocycles. The number of likely N-dealkylation sites (tertiary alicyclic amines) is 1. The van der Waals surface area contributed by atoms with E-state index in [-0.39, 0.29) is 12.1 Å². The zero-order chi connectivity index (χ0) is 19.6. The molecular formula is C22H34N2O3. The van der Waals surface area contributed by atoms with E-state index in [2.05, 4.69) is 30.4 Å². The van der Waals surface area contributed by atoms with Crippen molar-refractivity contribution in [1.29, 1.82) is 0 Å². The lowest BCUT2D eigenvalue weighted by Gasteiger charge is -2.40. The minimum absolute atomic E-state index is 0.188. The Labute approximate surface area is 163 Å². The zero-order valence-corrected chi connectivity index (χ0v) is 17.4. The van der Waals surface area contributed by atoms with E-state index in [0.29, 0.717) is 12.1 Å². The highest BCUT2D eigenvalue weighted by atomic mass is 16.6. The highest BCUT2D eigenvalue weighted by Crippen LogP contribution is 2.27. The number of benzene rings is 1. The summed E-state index contributed by atoms with van der Waals surface area (Å²) in [6, 6.07) is 7.58. The third-order valence-corrected chi connectivity index (χ3v) is 5.62. The van der Waals surface area contributed by atoms with Gasteiger partial charge >= 0.3 is 6.09 Å². The maximum Gasteiger partial charge on any atom is 0.410 e. The standard InChI is InChI=1S/C22H34N2O3/c1-15-12-19(10-11-24(15)21(25)27-22(2,3)4)23-18-8-6-16-7-9-20(26-5)14-17(16)13-18/h7,9,14-15,18-19,23H,6,8,10-13H2,1-5H3. The fraction of sp³-hybridized carbons (Fsp3) is 0.682. The summed E-state index contributed by atoms with van der Waals surface area (Å²) in [5, 5.41) is 3.85. The van der Waals surface area contributed by atoms with Gasteiger partial charge in [-0.05, 0) is 83.1 Å². The van der Waals surface area contributed by atoms with Crippen molar-refractivity contribution in [2.45, 2.75) is 83.5 Å². The Morgan fingerprint density at radius 3 is 2.63 bits per heavy atom. The lowest BCUT2D eigenvalue weighted by atomic mass is 9.87. The summed E-state index contributed by atoms with van der Waals surface area (Å²) >= 11 is 0. The van der Waals surface area contributed by atoms with Crippen molar-refractivity contribution in [3.8, 4) is 5.75 Å². The molecule has 1 aliphatic heterocycles. The van der Waals surface area contributed by atoms with Gasteiger partial charge in [0.05, 0.1) is 7.11 Å². The largest absolute Gasteiger partial charge is 0.497 e. The first kappa shape index (κ1) is 20.0. The van der Waals surface area contributed by atoms with E-state index in [9.17, 15) is 4.79 Å². The second-order valence-corrected chi connectivity index (χ2v) is 8.99. The molecule has 1 fully saturated rings. The van der Waals surface area contributed by atoms with Crippen molar-refractivity contribution in [3.05, 3.63) is 29.3 Å². The van der Waals surface area contributed by atoms with Gasteiger partial charge in [0.1, 0.15) is 11.4 Å². The van der Waals surface area contributed by atoms with Crippen LogP contribution in [-0.4, -0.2) is 48.4 Å². The number of hydrogen-bond donors (Lipinski definition) is 1. The fourth-order valence-corrected chi connectivity index (χ4v) is 4.25. The molecule has 0 spiro atoms. The molecule has 1 aromatic rings. The average molecular weight is 375 g/mol. The third-order valence-electron chi connectivity index (χ3n) is 5.62. The summed E-state index contributed by atoms with van der Waals surface area (Å²) in [7, 11) is 1.72. The molecule has 5 heteroatoms. The minimum Gasteiger partial charge on any atom is -0.497 e. The molecule has 1 saturated heterocycles. The zero-order valence-electron chi connectivity index (χ0n) is 17.4. The highest BCUT2D eigenvalue weighted by molar-refractivity contribution is 5.68. The van der Waals surface area contributed by atoms with E-state index in [1.807, 2.05) is 25.7 Å². The van der Waals surface area contributed by atoms with Crippen molar-refractivity contribution in [3.63, 3.8) is 0 Å². The maximum absolute atomic E-state index is 12.4. The second kappa shape index (κ2) is 8.09. The minimum atomic E-state index is -0.442. The molecule has 1 aliphatic carbocycles. The van der Waals surface area contributed by atoms with Crippen molar-refractivity contribution in [1.82, 2.24) is 10.2 Å². The lowest BCUT2D eigenvalue weighted by molar-refractivity contribution is 0.00893. The SMILES string of the molecule is COc1ccc2c(c1)CC(NC1CCN(C(=O)OC(C)(C)C)C(C)C1)CC2. The number of carbonyl (C=O) groups is 1. The Morgan fingerprint density at radius 2 is 1.96 bits per heavy atom. The van der Waals surface area contributed by atoms with Crippen molar-refractivity contribution in [2.24, 2.45) is 0 Å². The molecule has 3 rings (SSSR count). The summed E-state index contributed by atoms with van der Waals surface area (Å²) in [6.07, 6.45) is 5.09. The van der Waals surface area contributed by atoms with E-state index in [0.717, 1.165) is 38.0 Å². The monoisotopic (exact) mass is 374 g/mol. The number of amides is 1. The Bertz CT molecular complexity index is 668. The summed E-state index contributed by atoms with van der Waals surface area (Å²) in [5.74, 6) is 0.939. The van der Waals surface area contributed by atoms with E-state index in [1.54, 1.807) is 7.11 Å². The van der Waals surface area contributed by atoms with Crippen LogP contribution in [0.5, 0.6) is 5.75 Å². The third kappa shape index (κ3) is 5.16. The molecule has 2 aliphatic rings. The number of carbonyl (C=O) groups excluding carboxylic acids is 1. The topological polar surface area (TPSA) is 50.8 Å². The number of ether oxygens (including phenoxy) is 2. The summed E-state index contributed by atoms with van der Waals surface area (Å²) in [5.41, 5.74) is 2.40. The number of hydrogen-bond acceptors (Lipinski definition) is 4. The quantitative estimate of drug-likeness (QED) is 0.871. The predicted octanol–water partition coefficient (Wildman–Crippen LogP) is 3.93. The first-order valence-corrected chi connectivity index (χ1v) is 10.2. The van der Waals surface area contributed by atoms with Crippen molar-refractivity contribution in [2.75, 3.05) is 13.7 Å². The van der Waals surface area contributed by atoms with Crippen LogP contribution in [0, 0.1) is 0 Å². The smallest absolute Gasteiger partial charge is 0.410 e. The molecule has 1 amide bonds. The van der Waals surface area contributed by atoms with Crippen LogP contribution in [0.1, 0.15) is 58.1 Å². The van der Waals surface area contributed by atoms with E-state index in [1.165, 1.54) is 17.5 Å². The van der Waals surface area contributed by atoms with Gasteiger partial charge in [-0.15, -0.1) is 0 Å². The molecule has 27 heavy (non-hydrogen) atoms. The van der Waals surface area contributed by atoms with Crippen LogP contribution in [0.25, 0.3) is 0 Å². The number of rotatable bonds is 3. The number of piperidine rings is 1. The molecule has 1 heterocycles. The van der Waals surface area contributed by atoms with E-state index >= 15 is 0 Å². The summed E-state index contributed by atoms with van der Waals surface area (Å²) < 4.78 is 10.9. The molecule has 0 bridgehead atoms. The Kier molecular flexibility index (Phi) is 5.99. The van der Waals surface area contributed by atoms with Gasteiger partial charge in [0.15, 0.2) is 0 Å². The Morgan fingerprint density at radius 1 is 1.19 bits per heavy atom. The molecule has 5 nitrogen and oxygen atoms in total. The predicted molar refractivity (Wildman–Crippen MR) is 107 cm³/mol. The molecule has 3 atom stereocenters. The van der Waals surface area contributed by atoms with Gasteiger partial charge in [0, 0.05) is 24.7 Å². The van der Waals surface area contributed by atoms with Crippen molar-refractivity contribution >= 4 is 6.09 Å². The molecule has 1 aromatic carbocycles. The van der Waals surface area contributed by atoms with Gasteiger partial charge in [-0.25, -0.2) is 4.79 Å². The highest BCUT2D eigenvalue weighted by Gasteiger charge is 2.33. The number of aryl methyl sites for hydroxylation is 1. The molecule has 0 radical (unpaired) electrons. The molecular weight excluding hydrogens is 340 g/mol. The van der Waals surface area contributed by atoms with Gasteiger partial charge in [-0.2, -0.15) is 0 Å². The normalized spacial score (nSPS) is 25.7. The van der Waals surface area contributed by atoms with Crippen LogP contribution < -0.4 is 10.1 Å². The average Bonchev–Trinajstić information content (AvgIpc) is 2.59. The van der Waals surface area contributed by atoms with Gasteiger partial charge in [0.2, 0.25) is 0 Å². The van der Waals surface area contributed by atoms with Crippen LogP contribution in [0.4, 0.5) is 4.79 Å². The van der Waals surface area contributed by atoms with E-state index in [4.69, 9.17) is 9.47 Å². The molecule has 0 aromatic heterocycles. The maximum atomic E-state index is 12.4. The molecule has 3 unspecified atom stereocenters. The van der Waals surface area contributed by atoms with Crippen molar-refractivity contribution < 1.29 is 14.3 Å². The van der Waals surface area contributed by atoms with Crippen LogP contribution in [-0.2, 0) is 17.6 Å². The van der Waals surface area contributed by atoms with E-state index < -0.39 is 5.60 Å². The number of fused-ring (bicyclic) bond motifs is 1. The van der Waals surface area contributed by atoms with Crippen LogP contribution >= 0.6 is 0 Å². The molecule has 1 N–H and O–H groups in total. The fourth-order valence-electron chi connectivity index (χ4n) is 4.25. The lowest BCUT2D eigenvalue weighted by Crippen LogP contribution is -2.53. The Hall–Kier alpha value is -1.75. The number of nitrogens with one attached hydrogen (secondary N) is 1. The summed E-state index contributed by atoms with van der Waals surface area (Å²) in [6.45, 7) is 8.63. The second-order valence-electron chi connectivity index (χ2n) is 8.99. The summed E-state index contributed by atoms with van der Waals surface area (Å²) in [4.78, 5) is 14.3. The van der Waals surface area contributed by atoms with Gasteiger partial charge in [-0.1, -0.05) is 6.07 Å². The Balaban J connectivity index is 1.53. The van der Waals surface area contributed by atoms with Crippen LogP contribution in [0.2, 0.25) is 0 Å². The number of nitrogens with zero attached hydrogens (tertiary/aromatic N) is 1. The van der Waals surface area contributed by atoms with Crippen LogP contribution in [0.15, 0.2) is 18.2 Å². The number of methoxy groups -OCH3 is 1. The van der Waals surface area contributed by atoms with Gasteiger partial charge in [-0.3, -0.25) is 0 Å². The first-order chi connectivity index (χ1) is 12.7. The first-order valence-electron chi connectivity index (χ1n) is 10.2. The van der Waals surface area contributed by atoms with Gasteiger partial charge in [0.25, 0.3) is 0 Å². The van der Waals surface area contributed by atoms with Gasteiger partial charge < -0.3 is 19.7 Å². The molecule has 150 valence electrons.